The molecular formula is C15H21N. The van der Waals surface area contributed by atoms with Gasteiger partial charge in [0.15, 0.2) is 0 Å². The van der Waals surface area contributed by atoms with Crippen LogP contribution in [0.25, 0.3) is 0 Å². The molecule has 0 radical (unpaired) electrons. The van der Waals surface area contributed by atoms with Crippen LogP contribution < -0.4 is 0 Å². The molecule has 1 heterocycles. The molecule has 0 saturated heterocycles. The Hall–Kier alpha value is -0.720. The molecule has 1 aromatic heterocycles. The van der Waals surface area contributed by atoms with Crippen molar-refractivity contribution in [2.45, 2.75) is 44.9 Å². The van der Waals surface area contributed by atoms with E-state index in [-0.39, 0.29) is 0 Å². The molecule has 4 aliphatic carbocycles. The molecule has 4 aliphatic rings. The molecule has 1 N–H and O–H groups in total. The predicted molar refractivity (Wildman–Crippen MR) is 65.1 cm³/mol. The van der Waals surface area contributed by atoms with Crippen molar-refractivity contribution in [2.75, 3.05) is 0 Å². The number of H-pyrrole nitrogens is 1. The minimum absolute atomic E-state index is 0.694. The smallest absolute Gasteiger partial charge is 0.0152 e. The van der Waals surface area contributed by atoms with Gasteiger partial charge in [0.2, 0.25) is 0 Å². The minimum Gasteiger partial charge on any atom is -0.365 e. The Morgan fingerprint density at radius 3 is 2.19 bits per heavy atom. The highest BCUT2D eigenvalue weighted by Gasteiger charge is 2.50. The van der Waals surface area contributed by atoms with Crippen LogP contribution in [0.3, 0.4) is 0 Å². The largest absolute Gasteiger partial charge is 0.365 e. The Morgan fingerprint density at radius 1 is 1.06 bits per heavy atom. The first kappa shape index (κ1) is 9.32. The van der Waals surface area contributed by atoms with Crippen LogP contribution in [0.2, 0.25) is 0 Å². The van der Waals surface area contributed by atoms with Crippen LogP contribution in [0.5, 0.6) is 0 Å². The van der Waals surface area contributed by atoms with Crippen LogP contribution in [0.1, 0.15) is 44.2 Å². The van der Waals surface area contributed by atoms with E-state index >= 15 is 0 Å². The van der Waals surface area contributed by atoms with Crippen LogP contribution in [-0.4, -0.2) is 4.98 Å². The first-order chi connectivity index (χ1) is 7.81. The lowest BCUT2D eigenvalue weighted by atomic mass is 9.48. The number of nitrogens with one attached hydrogen (secondary N) is 1. The van der Waals surface area contributed by atoms with E-state index in [1.54, 1.807) is 19.3 Å². The highest BCUT2D eigenvalue weighted by atomic mass is 14.7. The minimum atomic E-state index is 0.694. The lowest BCUT2D eigenvalue weighted by Gasteiger charge is -2.57. The summed E-state index contributed by atoms with van der Waals surface area (Å²) >= 11 is 0. The number of rotatable bonds is 2. The van der Waals surface area contributed by atoms with Gasteiger partial charge in [0.25, 0.3) is 0 Å². The summed E-state index contributed by atoms with van der Waals surface area (Å²) in [5.41, 5.74) is 2.17. The Bertz CT molecular complexity index is 341. The Labute approximate surface area is 97.6 Å². The van der Waals surface area contributed by atoms with E-state index < -0.39 is 0 Å². The summed E-state index contributed by atoms with van der Waals surface area (Å²) in [6.07, 6.45) is 12.7. The van der Waals surface area contributed by atoms with Crippen molar-refractivity contribution in [3.8, 4) is 0 Å². The average Bonchev–Trinajstić information content (AvgIpc) is 2.66. The van der Waals surface area contributed by atoms with Crippen molar-refractivity contribution in [1.29, 1.82) is 0 Å². The summed E-state index contributed by atoms with van der Waals surface area (Å²) in [7, 11) is 0. The van der Waals surface area contributed by atoms with E-state index in [2.05, 4.69) is 23.3 Å². The third kappa shape index (κ3) is 1.37. The highest BCUT2D eigenvalue weighted by molar-refractivity contribution is 5.11. The third-order valence-corrected chi connectivity index (χ3v) is 5.39. The van der Waals surface area contributed by atoms with E-state index in [0.29, 0.717) is 5.41 Å². The molecule has 4 fully saturated rings. The van der Waals surface area contributed by atoms with Crippen LogP contribution in [0, 0.1) is 23.2 Å². The van der Waals surface area contributed by atoms with Gasteiger partial charge in [-0.3, -0.25) is 0 Å². The van der Waals surface area contributed by atoms with E-state index in [1.807, 2.05) is 0 Å². The second-order valence-corrected chi connectivity index (χ2v) is 6.79. The molecular weight excluding hydrogens is 194 g/mol. The lowest BCUT2D eigenvalue weighted by molar-refractivity contribution is -0.0526. The lowest BCUT2D eigenvalue weighted by Crippen LogP contribution is -2.47. The van der Waals surface area contributed by atoms with Crippen molar-refractivity contribution in [3.63, 3.8) is 0 Å². The predicted octanol–water partition coefficient (Wildman–Crippen LogP) is 3.77. The summed E-state index contributed by atoms with van der Waals surface area (Å²) in [6.45, 7) is 0. The fourth-order valence-corrected chi connectivity index (χ4v) is 5.39. The van der Waals surface area contributed by atoms with Crippen LogP contribution in [0.4, 0.5) is 0 Å². The zero-order valence-electron chi connectivity index (χ0n) is 9.91. The third-order valence-electron chi connectivity index (χ3n) is 5.39. The van der Waals surface area contributed by atoms with Crippen LogP contribution in [0.15, 0.2) is 18.3 Å². The Balaban J connectivity index is 1.62. The second-order valence-electron chi connectivity index (χ2n) is 6.79. The van der Waals surface area contributed by atoms with Gasteiger partial charge < -0.3 is 4.98 Å². The zero-order chi connectivity index (χ0) is 10.6. The molecule has 86 valence electrons. The quantitative estimate of drug-likeness (QED) is 0.773. The molecule has 0 amide bonds. The Morgan fingerprint density at radius 2 is 1.69 bits per heavy atom. The van der Waals surface area contributed by atoms with E-state index in [9.17, 15) is 0 Å². The van der Waals surface area contributed by atoms with Gasteiger partial charge in [-0.15, -0.1) is 0 Å². The monoisotopic (exact) mass is 215 g/mol. The van der Waals surface area contributed by atoms with E-state index in [0.717, 1.165) is 17.8 Å². The molecule has 1 aromatic rings. The standard InChI is InChI=1S/C15H21N/c1-2-14(16-3-1)10-15-7-11-4-12(8-15)6-13(5-11)9-15/h1-3,11-13,16H,4-10H2. The summed E-state index contributed by atoms with van der Waals surface area (Å²) in [5.74, 6) is 3.25. The topological polar surface area (TPSA) is 15.8 Å². The van der Waals surface area contributed by atoms with Crippen molar-refractivity contribution < 1.29 is 0 Å². The molecule has 0 atom stereocenters. The van der Waals surface area contributed by atoms with Gasteiger partial charge in [-0.2, -0.15) is 0 Å². The van der Waals surface area contributed by atoms with Gasteiger partial charge in [-0.05, 0) is 80.2 Å². The van der Waals surface area contributed by atoms with E-state index in [4.69, 9.17) is 0 Å². The van der Waals surface area contributed by atoms with Crippen molar-refractivity contribution in [2.24, 2.45) is 23.2 Å². The molecule has 16 heavy (non-hydrogen) atoms. The van der Waals surface area contributed by atoms with Gasteiger partial charge >= 0.3 is 0 Å². The molecule has 0 aromatic carbocycles. The van der Waals surface area contributed by atoms with Crippen molar-refractivity contribution in [1.82, 2.24) is 4.98 Å². The molecule has 4 saturated carbocycles. The molecule has 0 unspecified atom stereocenters. The number of aromatic amines is 1. The van der Waals surface area contributed by atoms with Gasteiger partial charge in [0, 0.05) is 11.9 Å². The van der Waals surface area contributed by atoms with E-state index in [1.165, 1.54) is 31.4 Å². The summed E-state index contributed by atoms with van der Waals surface area (Å²) in [5, 5.41) is 0. The highest BCUT2D eigenvalue weighted by Crippen LogP contribution is 2.60. The SMILES string of the molecule is c1c[nH]c(CC23CC4CC(CC(C4)C2)C3)c1. The molecule has 4 bridgehead atoms. The maximum atomic E-state index is 3.41. The Kier molecular flexibility index (Phi) is 1.84. The number of hydrogen-bond acceptors (Lipinski definition) is 0. The maximum Gasteiger partial charge on any atom is 0.0152 e. The van der Waals surface area contributed by atoms with Gasteiger partial charge in [-0.25, -0.2) is 0 Å². The average molecular weight is 215 g/mol. The first-order valence-corrected chi connectivity index (χ1v) is 6.94. The molecule has 5 rings (SSSR count). The molecule has 1 nitrogen and oxygen atoms in total. The summed E-state index contributed by atoms with van der Waals surface area (Å²) in [6, 6.07) is 4.43. The normalized spacial score (nSPS) is 45.1. The van der Waals surface area contributed by atoms with Crippen molar-refractivity contribution >= 4 is 0 Å². The summed E-state index contributed by atoms with van der Waals surface area (Å²) in [4.78, 5) is 3.41. The summed E-state index contributed by atoms with van der Waals surface area (Å²) < 4.78 is 0. The fraction of sp³-hybridized carbons (Fsp3) is 0.733. The number of hydrogen-bond donors (Lipinski definition) is 1. The second kappa shape index (κ2) is 3.15. The fourth-order valence-electron chi connectivity index (χ4n) is 5.39. The maximum absolute atomic E-state index is 3.41. The van der Waals surface area contributed by atoms with Gasteiger partial charge in [0.05, 0.1) is 0 Å². The molecule has 0 spiro atoms. The molecule has 1 heteroatoms. The van der Waals surface area contributed by atoms with Crippen LogP contribution >= 0.6 is 0 Å². The van der Waals surface area contributed by atoms with Gasteiger partial charge in [-0.1, -0.05) is 0 Å². The first-order valence-electron chi connectivity index (χ1n) is 6.94. The zero-order valence-corrected chi connectivity index (χ0v) is 9.91. The number of aromatic nitrogens is 1. The van der Waals surface area contributed by atoms with Crippen LogP contribution in [-0.2, 0) is 6.42 Å². The van der Waals surface area contributed by atoms with Crippen molar-refractivity contribution in [3.05, 3.63) is 24.0 Å². The molecule has 0 aliphatic heterocycles. The van der Waals surface area contributed by atoms with Gasteiger partial charge in [0.1, 0.15) is 0 Å².